The van der Waals surface area contributed by atoms with Crippen LogP contribution >= 0.6 is 0 Å². The Morgan fingerprint density at radius 3 is 2.13 bits per heavy atom. The second-order valence-electron chi connectivity index (χ2n) is 6.53. The summed E-state index contributed by atoms with van der Waals surface area (Å²) in [5, 5.41) is 0. The van der Waals surface area contributed by atoms with E-state index >= 15 is 0 Å². The van der Waals surface area contributed by atoms with Crippen LogP contribution in [0.4, 0.5) is 0 Å². The van der Waals surface area contributed by atoms with Gasteiger partial charge in [0.2, 0.25) is 0 Å². The number of quaternary nitrogens is 1. The zero-order valence-corrected chi connectivity index (χ0v) is 14.1. The van der Waals surface area contributed by atoms with E-state index in [0.717, 1.165) is 32.0 Å². The van der Waals surface area contributed by atoms with Gasteiger partial charge in [0.05, 0.1) is 33.4 Å². The molecule has 0 aliphatic carbocycles. The van der Waals surface area contributed by atoms with Crippen LogP contribution in [0.3, 0.4) is 0 Å². The molecule has 2 heterocycles. The maximum absolute atomic E-state index is 12.8. The van der Waals surface area contributed by atoms with Crippen molar-refractivity contribution >= 4 is 5.91 Å². The van der Waals surface area contributed by atoms with E-state index in [1.54, 1.807) is 37.3 Å². The summed E-state index contributed by atoms with van der Waals surface area (Å²) in [6.07, 6.45) is 4.94. The summed E-state index contributed by atoms with van der Waals surface area (Å²) in [5.41, 5.74) is 0.646. The van der Waals surface area contributed by atoms with Gasteiger partial charge in [-0.2, -0.15) is 0 Å². The number of carbonyl (C=O) groups is 1. The molecule has 0 bridgehead atoms. The molecule has 0 unspecified atom stereocenters. The molecule has 1 aromatic rings. The van der Waals surface area contributed by atoms with E-state index in [1.807, 2.05) is 4.90 Å². The topological polar surface area (TPSA) is 43.2 Å². The SMILES string of the molecule is COc1cc(OC)cc(C(=O)N2CCC([NH+]3CCCC3)CC2)c1. The first kappa shape index (κ1) is 16.1. The Labute approximate surface area is 138 Å². The predicted molar refractivity (Wildman–Crippen MR) is 88.4 cm³/mol. The van der Waals surface area contributed by atoms with E-state index in [4.69, 9.17) is 9.47 Å². The second-order valence-corrected chi connectivity index (χ2v) is 6.53. The van der Waals surface area contributed by atoms with Crippen molar-refractivity contribution in [1.82, 2.24) is 4.90 Å². The molecule has 2 aliphatic rings. The minimum atomic E-state index is 0.0806. The number of hydrogen-bond donors (Lipinski definition) is 1. The van der Waals surface area contributed by atoms with Crippen LogP contribution < -0.4 is 14.4 Å². The molecule has 1 aromatic carbocycles. The van der Waals surface area contributed by atoms with E-state index in [0.29, 0.717) is 17.1 Å². The molecule has 3 rings (SSSR count). The van der Waals surface area contributed by atoms with E-state index in [1.165, 1.54) is 25.9 Å². The van der Waals surface area contributed by atoms with Crippen molar-refractivity contribution in [3.05, 3.63) is 23.8 Å². The molecule has 0 saturated carbocycles. The number of benzene rings is 1. The molecule has 1 amide bonds. The van der Waals surface area contributed by atoms with Gasteiger partial charge in [0.1, 0.15) is 11.5 Å². The minimum Gasteiger partial charge on any atom is -0.497 e. The molecule has 0 spiro atoms. The number of likely N-dealkylation sites (tertiary alicyclic amines) is 2. The lowest BCUT2D eigenvalue weighted by molar-refractivity contribution is -0.914. The van der Waals surface area contributed by atoms with Crippen LogP contribution in [-0.2, 0) is 0 Å². The monoisotopic (exact) mass is 319 g/mol. The Morgan fingerprint density at radius 1 is 1.04 bits per heavy atom. The first-order valence-electron chi connectivity index (χ1n) is 8.58. The summed E-state index contributed by atoms with van der Waals surface area (Å²) in [7, 11) is 3.21. The van der Waals surface area contributed by atoms with Gasteiger partial charge in [-0.3, -0.25) is 4.79 Å². The third kappa shape index (κ3) is 3.61. The molecule has 5 nitrogen and oxygen atoms in total. The quantitative estimate of drug-likeness (QED) is 0.900. The fourth-order valence-electron chi connectivity index (χ4n) is 3.84. The molecule has 1 N–H and O–H groups in total. The average molecular weight is 319 g/mol. The van der Waals surface area contributed by atoms with Crippen LogP contribution in [0.25, 0.3) is 0 Å². The zero-order chi connectivity index (χ0) is 16.2. The molecule has 2 aliphatic heterocycles. The van der Waals surface area contributed by atoms with Crippen molar-refractivity contribution in [3.63, 3.8) is 0 Å². The highest BCUT2D eigenvalue weighted by atomic mass is 16.5. The first-order valence-corrected chi connectivity index (χ1v) is 8.58. The average Bonchev–Trinajstić information content (AvgIpc) is 3.15. The number of carbonyl (C=O) groups excluding carboxylic acids is 1. The number of amides is 1. The molecule has 5 heteroatoms. The van der Waals surface area contributed by atoms with Crippen LogP contribution in [0.2, 0.25) is 0 Å². The standard InChI is InChI=1S/C18H26N2O3/c1-22-16-11-14(12-17(13-16)23-2)18(21)20-9-5-15(6-10-20)19-7-3-4-8-19/h11-13,15H,3-10H2,1-2H3/p+1. The van der Waals surface area contributed by atoms with Gasteiger partial charge in [-0.15, -0.1) is 0 Å². The van der Waals surface area contributed by atoms with Crippen molar-refractivity contribution in [2.45, 2.75) is 31.7 Å². The molecule has 2 saturated heterocycles. The summed E-state index contributed by atoms with van der Waals surface area (Å²) >= 11 is 0. The first-order chi connectivity index (χ1) is 11.2. The van der Waals surface area contributed by atoms with Crippen molar-refractivity contribution in [2.24, 2.45) is 0 Å². The van der Waals surface area contributed by atoms with Gasteiger partial charge in [0.25, 0.3) is 5.91 Å². The van der Waals surface area contributed by atoms with Crippen molar-refractivity contribution in [2.75, 3.05) is 40.4 Å². The van der Waals surface area contributed by atoms with E-state index in [2.05, 4.69) is 0 Å². The molecular weight excluding hydrogens is 292 g/mol. The highest BCUT2D eigenvalue weighted by molar-refractivity contribution is 5.95. The molecular formula is C18H27N2O3+. The Balaban J connectivity index is 1.65. The summed E-state index contributed by atoms with van der Waals surface area (Å²) in [4.78, 5) is 16.5. The van der Waals surface area contributed by atoms with Crippen molar-refractivity contribution in [1.29, 1.82) is 0 Å². The fourth-order valence-corrected chi connectivity index (χ4v) is 3.84. The molecule has 0 atom stereocenters. The number of piperidine rings is 1. The Morgan fingerprint density at radius 2 is 1.61 bits per heavy atom. The van der Waals surface area contributed by atoms with Gasteiger partial charge in [-0.05, 0) is 12.1 Å². The Bertz CT molecular complexity index is 525. The van der Waals surface area contributed by atoms with Crippen molar-refractivity contribution in [3.8, 4) is 11.5 Å². The third-order valence-corrected chi connectivity index (χ3v) is 5.20. The molecule has 126 valence electrons. The summed E-state index contributed by atoms with van der Waals surface area (Å²) in [5.74, 6) is 1.39. The van der Waals surface area contributed by atoms with Crippen LogP contribution in [0.1, 0.15) is 36.0 Å². The van der Waals surface area contributed by atoms with Gasteiger partial charge >= 0.3 is 0 Å². The van der Waals surface area contributed by atoms with Crippen LogP contribution in [-0.4, -0.2) is 57.2 Å². The zero-order valence-electron chi connectivity index (χ0n) is 14.1. The van der Waals surface area contributed by atoms with Crippen molar-refractivity contribution < 1.29 is 19.2 Å². The third-order valence-electron chi connectivity index (χ3n) is 5.20. The second kappa shape index (κ2) is 7.21. The minimum absolute atomic E-state index is 0.0806. The molecule has 0 aromatic heterocycles. The van der Waals surface area contributed by atoms with E-state index in [-0.39, 0.29) is 5.91 Å². The number of ether oxygens (including phenoxy) is 2. The lowest BCUT2D eigenvalue weighted by atomic mass is 10.0. The number of nitrogens with one attached hydrogen (secondary N) is 1. The normalized spacial score (nSPS) is 19.8. The van der Waals surface area contributed by atoms with E-state index in [9.17, 15) is 4.79 Å². The molecule has 0 radical (unpaired) electrons. The highest BCUT2D eigenvalue weighted by Crippen LogP contribution is 2.24. The number of rotatable bonds is 4. The fraction of sp³-hybridized carbons (Fsp3) is 0.611. The van der Waals surface area contributed by atoms with Gasteiger partial charge in [0.15, 0.2) is 0 Å². The largest absolute Gasteiger partial charge is 0.497 e. The highest BCUT2D eigenvalue weighted by Gasteiger charge is 2.31. The van der Waals surface area contributed by atoms with Gasteiger partial charge in [-0.1, -0.05) is 0 Å². The van der Waals surface area contributed by atoms with Crippen LogP contribution in [0.15, 0.2) is 18.2 Å². The molecule has 2 fully saturated rings. The summed E-state index contributed by atoms with van der Waals surface area (Å²) in [6.45, 7) is 4.33. The lowest BCUT2D eigenvalue weighted by Crippen LogP contribution is -3.14. The van der Waals surface area contributed by atoms with Crippen LogP contribution in [0, 0.1) is 0 Å². The number of methoxy groups -OCH3 is 2. The molecule has 23 heavy (non-hydrogen) atoms. The number of nitrogens with zero attached hydrogens (tertiary/aromatic N) is 1. The Kier molecular flexibility index (Phi) is 5.06. The smallest absolute Gasteiger partial charge is 0.254 e. The Hall–Kier alpha value is -1.75. The maximum atomic E-state index is 12.8. The van der Waals surface area contributed by atoms with Gasteiger partial charge in [-0.25, -0.2) is 0 Å². The summed E-state index contributed by atoms with van der Waals surface area (Å²) < 4.78 is 10.5. The maximum Gasteiger partial charge on any atom is 0.254 e. The van der Waals surface area contributed by atoms with Crippen LogP contribution in [0.5, 0.6) is 11.5 Å². The lowest BCUT2D eigenvalue weighted by Gasteiger charge is -2.34. The van der Waals surface area contributed by atoms with Gasteiger partial charge in [0, 0.05) is 50.4 Å². The number of hydrogen-bond acceptors (Lipinski definition) is 3. The van der Waals surface area contributed by atoms with E-state index < -0.39 is 0 Å². The van der Waals surface area contributed by atoms with Gasteiger partial charge < -0.3 is 19.3 Å². The summed E-state index contributed by atoms with van der Waals surface area (Å²) in [6, 6.07) is 6.12. The predicted octanol–water partition coefficient (Wildman–Crippen LogP) is 0.987.